The van der Waals surface area contributed by atoms with E-state index in [0.29, 0.717) is 11.8 Å². The van der Waals surface area contributed by atoms with Gasteiger partial charge in [-0.15, -0.1) is 11.8 Å². The first-order valence-corrected chi connectivity index (χ1v) is 7.09. The molecule has 0 amide bonds. The lowest BCUT2D eigenvalue weighted by molar-refractivity contribution is 0.435. The summed E-state index contributed by atoms with van der Waals surface area (Å²) in [7, 11) is 0. The topological polar surface area (TPSA) is 26.0 Å². The second-order valence-electron chi connectivity index (χ2n) is 5.09. The second-order valence-corrected chi connectivity index (χ2v) is 6.23. The average molecular weight is 235 g/mol. The number of aryl methyl sites for hydroxylation is 1. The molecule has 88 valence electrons. The number of fused-ring (bicyclic) bond motifs is 1. The first-order valence-electron chi connectivity index (χ1n) is 6.11. The number of rotatable bonds is 3. The lowest BCUT2D eigenvalue weighted by atomic mass is 9.83. The molecule has 0 saturated heterocycles. The van der Waals surface area contributed by atoms with Gasteiger partial charge in [0.15, 0.2) is 0 Å². The van der Waals surface area contributed by atoms with Crippen molar-refractivity contribution in [2.24, 2.45) is 11.7 Å². The molecule has 1 nitrogen and oxygen atoms in total. The molecule has 1 aromatic carbocycles. The van der Waals surface area contributed by atoms with Gasteiger partial charge >= 0.3 is 0 Å². The Morgan fingerprint density at radius 2 is 2.00 bits per heavy atom. The molecule has 0 aromatic heterocycles. The molecule has 0 aliphatic carbocycles. The SMILES string of the molecule is CC(C)C(c1ccc2c(c1)CCS2)C(C)N. The number of benzene rings is 1. The molecule has 0 spiro atoms. The fourth-order valence-electron chi connectivity index (χ4n) is 2.71. The molecular formula is C14H21NS. The molecule has 1 aliphatic heterocycles. The Hall–Kier alpha value is -0.470. The molecular weight excluding hydrogens is 214 g/mol. The Labute approximate surface area is 103 Å². The predicted molar refractivity (Wildman–Crippen MR) is 72.1 cm³/mol. The molecule has 0 bridgehead atoms. The van der Waals surface area contributed by atoms with Crippen molar-refractivity contribution in [1.82, 2.24) is 0 Å². The van der Waals surface area contributed by atoms with Crippen LogP contribution in [0, 0.1) is 5.92 Å². The van der Waals surface area contributed by atoms with E-state index < -0.39 is 0 Å². The molecule has 16 heavy (non-hydrogen) atoms. The Balaban J connectivity index is 2.32. The van der Waals surface area contributed by atoms with Crippen molar-refractivity contribution in [2.75, 3.05) is 5.75 Å². The van der Waals surface area contributed by atoms with Crippen LogP contribution in [0.15, 0.2) is 23.1 Å². The Morgan fingerprint density at radius 3 is 2.62 bits per heavy atom. The van der Waals surface area contributed by atoms with E-state index in [1.54, 1.807) is 0 Å². The Morgan fingerprint density at radius 1 is 1.25 bits per heavy atom. The van der Waals surface area contributed by atoms with E-state index in [2.05, 4.69) is 39.0 Å². The third-order valence-corrected chi connectivity index (χ3v) is 4.50. The van der Waals surface area contributed by atoms with Crippen LogP contribution in [0.1, 0.15) is 37.8 Å². The quantitative estimate of drug-likeness (QED) is 0.868. The predicted octanol–water partition coefficient (Wildman–Crippen LogP) is 3.42. The molecule has 1 aliphatic rings. The summed E-state index contributed by atoms with van der Waals surface area (Å²) in [6, 6.07) is 7.15. The molecule has 1 heterocycles. The molecule has 2 unspecified atom stereocenters. The van der Waals surface area contributed by atoms with Crippen LogP contribution >= 0.6 is 11.8 Å². The van der Waals surface area contributed by atoms with Crippen LogP contribution in [-0.4, -0.2) is 11.8 Å². The Bertz CT molecular complexity index is 363. The highest BCUT2D eigenvalue weighted by molar-refractivity contribution is 7.99. The number of thioether (sulfide) groups is 1. The molecule has 0 fully saturated rings. The monoisotopic (exact) mass is 235 g/mol. The highest BCUT2D eigenvalue weighted by Crippen LogP contribution is 2.35. The highest BCUT2D eigenvalue weighted by Gasteiger charge is 2.22. The van der Waals surface area contributed by atoms with Crippen LogP contribution in [0.2, 0.25) is 0 Å². The normalized spacial score (nSPS) is 18.6. The molecule has 1 aromatic rings. The minimum absolute atomic E-state index is 0.229. The molecule has 0 saturated carbocycles. The second kappa shape index (κ2) is 4.80. The van der Waals surface area contributed by atoms with E-state index >= 15 is 0 Å². The van der Waals surface area contributed by atoms with Crippen LogP contribution in [-0.2, 0) is 6.42 Å². The summed E-state index contributed by atoms with van der Waals surface area (Å²) in [6.07, 6.45) is 1.22. The summed E-state index contributed by atoms with van der Waals surface area (Å²) >= 11 is 1.97. The lowest BCUT2D eigenvalue weighted by Gasteiger charge is -2.25. The van der Waals surface area contributed by atoms with Gasteiger partial charge in [0.25, 0.3) is 0 Å². The van der Waals surface area contributed by atoms with Crippen molar-refractivity contribution in [3.8, 4) is 0 Å². The van der Waals surface area contributed by atoms with Gasteiger partial charge < -0.3 is 5.73 Å². The van der Waals surface area contributed by atoms with Gasteiger partial charge in [0.2, 0.25) is 0 Å². The van der Waals surface area contributed by atoms with Crippen molar-refractivity contribution < 1.29 is 0 Å². The maximum absolute atomic E-state index is 6.11. The Kier molecular flexibility index (Phi) is 3.60. The van der Waals surface area contributed by atoms with Gasteiger partial charge in [-0.3, -0.25) is 0 Å². The standard InChI is InChI=1S/C14H21NS/c1-9(2)14(10(3)15)12-4-5-13-11(8-12)6-7-16-13/h4-5,8-10,14H,6-7,15H2,1-3H3. The fourth-order valence-corrected chi connectivity index (χ4v) is 3.76. The third kappa shape index (κ3) is 2.28. The van der Waals surface area contributed by atoms with E-state index in [1.165, 1.54) is 28.2 Å². The zero-order valence-electron chi connectivity index (χ0n) is 10.4. The first-order chi connectivity index (χ1) is 7.59. The van der Waals surface area contributed by atoms with E-state index in [4.69, 9.17) is 5.73 Å². The van der Waals surface area contributed by atoms with Gasteiger partial charge in [-0.1, -0.05) is 26.0 Å². The van der Waals surface area contributed by atoms with Gasteiger partial charge in [-0.25, -0.2) is 0 Å². The zero-order valence-corrected chi connectivity index (χ0v) is 11.2. The number of nitrogens with two attached hydrogens (primary N) is 1. The van der Waals surface area contributed by atoms with Crippen LogP contribution in [0.5, 0.6) is 0 Å². The smallest absolute Gasteiger partial charge is 0.0105 e. The van der Waals surface area contributed by atoms with Gasteiger partial charge in [0.05, 0.1) is 0 Å². The molecule has 2 heteroatoms. The summed E-state index contributed by atoms with van der Waals surface area (Å²) in [5, 5.41) is 0. The molecule has 2 rings (SSSR count). The maximum atomic E-state index is 6.11. The van der Waals surface area contributed by atoms with Crippen LogP contribution in [0.3, 0.4) is 0 Å². The fraction of sp³-hybridized carbons (Fsp3) is 0.571. The molecule has 2 N–H and O–H groups in total. The highest BCUT2D eigenvalue weighted by atomic mass is 32.2. The van der Waals surface area contributed by atoms with Gasteiger partial charge in [-0.2, -0.15) is 0 Å². The molecule has 0 radical (unpaired) electrons. The summed E-state index contributed by atoms with van der Waals surface area (Å²) in [5.74, 6) is 2.33. The van der Waals surface area contributed by atoms with Gasteiger partial charge in [-0.05, 0) is 36.5 Å². The van der Waals surface area contributed by atoms with Crippen molar-refractivity contribution in [3.63, 3.8) is 0 Å². The summed E-state index contributed by atoms with van der Waals surface area (Å²) in [5.41, 5.74) is 9.05. The third-order valence-electron chi connectivity index (χ3n) is 3.38. The molecule has 2 atom stereocenters. The van der Waals surface area contributed by atoms with Crippen molar-refractivity contribution in [2.45, 2.75) is 44.0 Å². The van der Waals surface area contributed by atoms with E-state index in [-0.39, 0.29) is 6.04 Å². The van der Waals surface area contributed by atoms with Gasteiger partial charge in [0, 0.05) is 22.6 Å². The van der Waals surface area contributed by atoms with Crippen molar-refractivity contribution >= 4 is 11.8 Å². The minimum atomic E-state index is 0.229. The lowest BCUT2D eigenvalue weighted by Crippen LogP contribution is -2.28. The zero-order chi connectivity index (χ0) is 11.7. The van der Waals surface area contributed by atoms with E-state index in [0.717, 1.165) is 0 Å². The van der Waals surface area contributed by atoms with Gasteiger partial charge in [0.1, 0.15) is 0 Å². The van der Waals surface area contributed by atoms with Crippen LogP contribution in [0.25, 0.3) is 0 Å². The summed E-state index contributed by atoms with van der Waals surface area (Å²) in [6.45, 7) is 6.64. The summed E-state index contributed by atoms with van der Waals surface area (Å²) in [4.78, 5) is 1.47. The minimum Gasteiger partial charge on any atom is -0.327 e. The maximum Gasteiger partial charge on any atom is 0.0105 e. The largest absolute Gasteiger partial charge is 0.327 e. The van der Waals surface area contributed by atoms with E-state index in [1.807, 2.05) is 11.8 Å². The van der Waals surface area contributed by atoms with Crippen molar-refractivity contribution in [3.05, 3.63) is 29.3 Å². The summed E-state index contributed by atoms with van der Waals surface area (Å²) < 4.78 is 0. The number of hydrogen-bond acceptors (Lipinski definition) is 2. The van der Waals surface area contributed by atoms with Crippen molar-refractivity contribution in [1.29, 1.82) is 0 Å². The van der Waals surface area contributed by atoms with Crippen LogP contribution < -0.4 is 5.73 Å². The van der Waals surface area contributed by atoms with E-state index in [9.17, 15) is 0 Å². The average Bonchev–Trinajstić information content (AvgIpc) is 2.63. The van der Waals surface area contributed by atoms with Crippen LogP contribution in [0.4, 0.5) is 0 Å². The first kappa shape index (κ1) is 12.0. The number of hydrogen-bond donors (Lipinski definition) is 1.